The third kappa shape index (κ3) is 3.51. The molecule has 1 N–H and O–H groups in total. The van der Waals surface area contributed by atoms with Crippen molar-refractivity contribution < 1.29 is 14.8 Å². The fraction of sp³-hybridized carbons (Fsp3) is 0.200. The smallest absolute Gasteiger partial charge is 0.275 e. The van der Waals surface area contributed by atoms with E-state index in [1.807, 2.05) is 13.0 Å². The molecule has 0 fully saturated rings. The lowest BCUT2D eigenvalue weighted by Gasteiger charge is -2.09. The number of aryl methyl sites for hydroxylation is 1. The summed E-state index contributed by atoms with van der Waals surface area (Å²) in [6, 6.07) is 9.56. The molecule has 0 aliphatic carbocycles. The van der Waals surface area contributed by atoms with Crippen molar-refractivity contribution in [2.45, 2.75) is 20.0 Å². The van der Waals surface area contributed by atoms with Gasteiger partial charge >= 0.3 is 0 Å². The molecule has 0 saturated heterocycles. The van der Waals surface area contributed by atoms with Crippen molar-refractivity contribution in [3.63, 3.8) is 0 Å². The van der Waals surface area contributed by atoms with Gasteiger partial charge in [0.05, 0.1) is 17.1 Å². The maximum absolute atomic E-state index is 10.8. The summed E-state index contributed by atoms with van der Waals surface area (Å²) >= 11 is 6.04. The summed E-state index contributed by atoms with van der Waals surface area (Å²) in [4.78, 5) is 10.3. The van der Waals surface area contributed by atoms with Gasteiger partial charge in [0.25, 0.3) is 5.69 Å². The number of nitro benzene ring substituents is 1. The van der Waals surface area contributed by atoms with Crippen molar-refractivity contribution in [3.05, 3.63) is 62.7 Å². The topological polar surface area (TPSA) is 72.6 Å². The molecule has 2 aromatic rings. The highest BCUT2D eigenvalue weighted by molar-refractivity contribution is 6.31. The Bertz CT molecular complexity index is 673. The summed E-state index contributed by atoms with van der Waals surface area (Å²) in [6.07, 6.45) is 0.776. The first-order valence-corrected chi connectivity index (χ1v) is 6.77. The number of hydrogen-bond donors (Lipinski definition) is 1. The van der Waals surface area contributed by atoms with Crippen LogP contribution in [-0.4, -0.2) is 10.0 Å². The molecule has 2 aromatic carbocycles. The Morgan fingerprint density at radius 2 is 1.81 bits per heavy atom. The van der Waals surface area contributed by atoms with Crippen LogP contribution in [0.25, 0.3) is 0 Å². The standard InChI is InChI=1S/C15H14ClNO4/c1-2-10-7-12(3-5-14(10)16)21-13-4-6-15(17(19)20)11(8-13)9-18/h3-8,18H,2,9H2,1H3. The van der Waals surface area contributed by atoms with E-state index in [0.717, 1.165) is 12.0 Å². The Labute approximate surface area is 126 Å². The second-order valence-electron chi connectivity index (χ2n) is 4.41. The Hall–Kier alpha value is -2.11. The third-order valence-corrected chi connectivity index (χ3v) is 3.42. The number of hydrogen-bond acceptors (Lipinski definition) is 4. The van der Waals surface area contributed by atoms with Crippen molar-refractivity contribution in [2.75, 3.05) is 0 Å². The predicted octanol–water partition coefficient (Wildman–Crippen LogP) is 4.10. The Morgan fingerprint density at radius 3 is 2.38 bits per heavy atom. The van der Waals surface area contributed by atoms with Crippen molar-refractivity contribution in [3.8, 4) is 11.5 Å². The Kier molecular flexibility index (Phi) is 4.77. The molecule has 0 amide bonds. The molecule has 21 heavy (non-hydrogen) atoms. The molecule has 0 radical (unpaired) electrons. The van der Waals surface area contributed by atoms with E-state index in [4.69, 9.17) is 16.3 Å². The molecule has 0 saturated carbocycles. The minimum absolute atomic E-state index is 0.129. The van der Waals surface area contributed by atoms with Gasteiger partial charge in [0.1, 0.15) is 11.5 Å². The Balaban J connectivity index is 2.29. The van der Waals surface area contributed by atoms with E-state index in [9.17, 15) is 15.2 Å². The minimum Gasteiger partial charge on any atom is -0.457 e. The third-order valence-electron chi connectivity index (χ3n) is 3.05. The van der Waals surface area contributed by atoms with Crippen molar-refractivity contribution in [1.82, 2.24) is 0 Å². The molecule has 110 valence electrons. The first-order valence-electron chi connectivity index (χ1n) is 6.39. The molecule has 2 rings (SSSR count). The van der Waals surface area contributed by atoms with Gasteiger partial charge in [-0.05, 0) is 42.3 Å². The molecular weight excluding hydrogens is 294 g/mol. The summed E-state index contributed by atoms with van der Waals surface area (Å²) in [5, 5.41) is 20.7. The monoisotopic (exact) mass is 307 g/mol. The van der Waals surface area contributed by atoms with E-state index in [1.165, 1.54) is 18.2 Å². The highest BCUT2D eigenvalue weighted by atomic mass is 35.5. The number of aliphatic hydroxyl groups excluding tert-OH is 1. The molecule has 0 bridgehead atoms. The number of rotatable bonds is 5. The molecular formula is C15H14ClNO4. The average Bonchev–Trinajstić information content (AvgIpc) is 2.48. The van der Waals surface area contributed by atoms with E-state index in [-0.39, 0.29) is 11.3 Å². The van der Waals surface area contributed by atoms with Gasteiger partial charge in [-0.1, -0.05) is 18.5 Å². The number of nitrogens with zero attached hydrogens (tertiary/aromatic N) is 1. The van der Waals surface area contributed by atoms with Crippen LogP contribution in [0.15, 0.2) is 36.4 Å². The number of nitro groups is 1. The van der Waals surface area contributed by atoms with E-state index < -0.39 is 11.5 Å². The zero-order chi connectivity index (χ0) is 15.4. The lowest BCUT2D eigenvalue weighted by molar-refractivity contribution is -0.385. The molecule has 0 aliphatic heterocycles. The van der Waals surface area contributed by atoms with Gasteiger partial charge in [0.15, 0.2) is 0 Å². The van der Waals surface area contributed by atoms with Crippen LogP contribution in [0.3, 0.4) is 0 Å². The quantitative estimate of drug-likeness (QED) is 0.667. The highest BCUT2D eigenvalue weighted by Gasteiger charge is 2.14. The zero-order valence-electron chi connectivity index (χ0n) is 11.4. The summed E-state index contributed by atoms with van der Waals surface area (Å²) < 4.78 is 5.66. The van der Waals surface area contributed by atoms with E-state index >= 15 is 0 Å². The van der Waals surface area contributed by atoms with Crippen LogP contribution in [0.2, 0.25) is 5.02 Å². The second-order valence-corrected chi connectivity index (χ2v) is 4.82. The van der Waals surface area contributed by atoms with Crippen LogP contribution >= 0.6 is 11.6 Å². The normalized spacial score (nSPS) is 10.4. The van der Waals surface area contributed by atoms with E-state index in [1.54, 1.807) is 12.1 Å². The van der Waals surface area contributed by atoms with Gasteiger partial charge in [0.2, 0.25) is 0 Å². The lowest BCUT2D eigenvalue weighted by atomic mass is 10.1. The fourth-order valence-corrected chi connectivity index (χ4v) is 2.20. The maximum Gasteiger partial charge on any atom is 0.275 e. The molecule has 5 nitrogen and oxygen atoms in total. The van der Waals surface area contributed by atoms with Crippen molar-refractivity contribution >= 4 is 17.3 Å². The van der Waals surface area contributed by atoms with Gasteiger partial charge in [-0.2, -0.15) is 0 Å². The number of benzene rings is 2. The van der Waals surface area contributed by atoms with Crippen LogP contribution in [-0.2, 0) is 13.0 Å². The predicted molar refractivity (Wildman–Crippen MR) is 79.9 cm³/mol. The average molecular weight is 308 g/mol. The second kappa shape index (κ2) is 6.56. The van der Waals surface area contributed by atoms with Gasteiger partial charge in [-0.3, -0.25) is 10.1 Å². The molecule has 0 aromatic heterocycles. The molecule has 0 aliphatic rings. The molecule has 0 atom stereocenters. The molecule has 0 spiro atoms. The fourth-order valence-electron chi connectivity index (χ4n) is 1.95. The van der Waals surface area contributed by atoms with E-state index in [0.29, 0.717) is 16.5 Å². The largest absolute Gasteiger partial charge is 0.457 e. The molecule has 6 heteroatoms. The van der Waals surface area contributed by atoms with Crippen molar-refractivity contribution in [2.24, 2.45) is 0 Å². The van der Waals surface area contributed by atoms with Crippen LogP contribution in [0, 0.1) is 10.1 Å². The van der Waals surface area contributed by atoms with Crippen LogP contribution in [0.5, 0.6) is 11.5 Å². The zero-order valence-corrected chi connectivity index (χ0v) is 12.1. The van der Waals surface area contributed by atoms with Gasteiger partial charge in [0, 0.05) is 11.1 Å². The Morgan fingerprint density at radius 1 is 1.19 bits per heavy atom. The summed E-state index contributed by atoms with van der Waals surface area (Å²) in [5.41, 5.74) is 1.04. The summed E-state index contributed by atoms with van der Waals surface area (Å²) in [6.45, 7) is 1.56. The van der Waals surface area contributed by atoms with Gasteiger partial charge in [-0.15, -0.1) is 0 Å². The first kappa shape index (κ1) is 15.3. The van der Waals surface area contributed by atoms with Gasteiger partial charge in [-0.25, -0.2) is 0 Å². The van der Waals surface area contributed by atoms with E-state index in [2.05, 4.69) is 0 Å². The van der Waals surface area contributed by atoms with Crippen LogP contribution < -0.4 is 4.74 Å². The number of aliphatic hydroxyl groups is 1. The maximum atomic E-state index is 10.8. The van der Waals surface area contributed by atoms with Crippen LogP contribution in [0.4, 0.5) is 5.69 Å². The number of ether oxygens (including phenoxy) is 1. The number of halogens is 1. The first-order chi connectivity index (χ1) is 10.0. The minimum atomic E-state index is -0.535. The van der Waals surface area contributed by atoms with Gasteiger partial charge < -0.3 is 9.84 Å². The molecule has 0 unspecified atom stereocenters. The lowest BCUT2D eigenvalue weighted by Crippen LogP contribution is -1.96. The summed E-state index contributed by atoms with van der Waals surface area (Å²) in [5.74, 6) is 1.02. The SMILES string of the molecule is CCc1cc(Oc2ccc([N+](=O)[O-])c(CO)c2)ccc1Cl. The molecule has 0 heterocycles. The summed E-state index contributed by atoms with van der Waals surface area (Å²) in [7, 11) is 0. The van der Waals surface area contributed by atoms with Crippen molar-refractivity contribution in [1.29, 1.82) is 0 Å². The van der Waals surface area contributed by atoms with Crippen LogP contribution in [0.1, 0.15) is 18.1 Å². The highest BCUT2D eigenvalue weighted by Crippen LogP contribution is 2.30.